The topological polar surface area (TPSA) is 109 Å². The van der Waals surface area contributed by atoms with E-state index in [2.05, 4.69) is 26.8 Å². The van der Waals surface area contributed by atoms with E-state index in [-0.39, 0.29) is 22.9 Å². The number of hydrogen-bond acceptors (Lipinski definition) is 7. The zero-order valence-electron chi connectivity index (χ0n) is 17.2. The average Bonchev–Trinajstić information content (AvgIpc) is 2.70. The molecule has 0 amide bonds. The third-order valence-corrected chi connectivity index (χ3v) is 7.48. The quantitative estimate of drug-likeness (QED) is 0.590. The van der Waals surface area contributed by atoms with E-state index in [1.54, 1.807) is 0 Å². The molecule has 1 saturated heterocycles. The van der Waals surface area contributed by atoms with Gasteiger partial charge in [-0.25, -0.2) is 0 Å². The van der Waals surface area contributed by atoms with Crippen LogP contribution in [0.3, 0.4) is 0 Å². The smallest absolute Gasteiger partial charge is 0.186 e. The fourth-order valence-electron chi connectivity index (χ4n) is 5.57. The summed E-state index contributed by atoms with van der Waals surface area (Å²) < 4.78 is 17.8. The molecule has 2 fully saturated rings. The molecule has 7 heteroatoms. The minimum Gasteiger partial charge on any atom is -0.493 e. The lowest BCUT2D eigenvalue weighted by Gasteiger charge is -2.57. The second-order valence-corrected chi connectivity index (χ2v) is 9.46. The van der Waals surface area contributed by atoms with Crippen LogP contribution in [0.2, 0.25) is 0 Å². The molecule has 2 heterocycles. The minimum atomic E-state index is -1.44. The molecule has 0 spiro atoms. The normalized spacial score (nSPS) is 43.8. The Morgan fingerprint density at radius 3 is 2.52 bits per heavy atom. The summed E-state index contributed by atoms with van der Waals surface area (Å²) in [6.07, 6.45) is -4.90. The van der Waals surface area contributed by atoms with Crippen molar-refractivity contribution in [2.45, 2.75) is 75.8 Å². The summed E-state index contributed by atoms with van der Waals surface area (Å²) in [7, 11) is 0. The minimum absolute atomic E-state index is 0.0480. The molecule has 0 unspecified atom stereocenters. The predicted octanol–water partition coefficient (Wildman–Crippen LogP) is 0.958. The van der Waals surface area contributed by atoms with Gasteiger partial charge >= 0.3 is 0 Å². The zero-order valence-corrected chi connectivity index (χ0v) is 17.2. The monoisotopic (exact) mass is 408 g/mol. The van der Waals surface area contributed by atoms with Crippen molar-refractivity contribution in [3.63, 3.8) is 0 Å². The molecule has 1 aromatic carbocycles. The summed E-state index contributed by atoms with van der Waals surface area (Å²) in [6.45, 7) is 6.67. The second kappa shape index (κ2) is 7.48. The number of hydrogen-bond donors (Lipinski definition) is 4. The molecule has 4 rings (SSSR count). The van der Waals surface area contributed by atoms with Crippen LogP contribution in [0.5, 0.6) is 5.75 Å². The van der Waals surface area contributed by atoms with Gasteiger partial charge < -0.3 is 34.6 Å². The van der Waals surface area contributed by atoms with Crippen molar-refractivity contribution in [1.82, 2.24) is 0 Å². The molecule has 0 radical (unpaired) electrons. The molecule has 8 atom stereocenters. The van der Waals surface area contributed by atoms with Crippen LogP contribution in [0, 0.1) is 11.3 Å². The fraction of sp³-hybridized carbons (Fsp3) is 0.727. The van der Waals surface area contributed by atoms with E-state index in [0.717, 1.165) is 18.6 Å². The third-order valence-electron chi connectivity index (χ3n) is 7.48. The van der Waals surface area contributed by atoms with Gasteiger partial charge in [0.2, 0.25) is 0 Å². The van der Waals surface area contributed by atoms with Gasteiger partial charge in [-0.15, -0.1) is 0 Å². The highest BCUT2D eigenvalue weighted by Crippen LogP contribution is 2.57. The van der Waals surface area contributed by atoms with Crippen molar-refractivity contribution < 1.29 is 34.6 Å². The van der Waals surface area contributed by atoms with E-state index < -0.39 is 37.3 Å². The summed E-state index contributed by atoms with van der Waals surface area (Å²) >= 11 is 0. The standard InChI is InChI=1S/C22H32O7/c1-21(2)15-11-27-13-7-5-4-6-12(13)22(15,3)9-8-16(21)29-20-19(26)18(25)17(24)14(10-23)28-20/h4-7,14-20,23-26H,8-11H2,1-3H3/t14-,15-,16+,17+,18+,19-,20+,22-/m1/s1. The summed E-state index contributed by atoms with van der Waals surface area (Å²) in [5, 5.41) is 39.9. The fourth-order valence-corrected chi connectivity index (χ4v) is 5.57. The Kier molecular flexibility index (Phi) is 5.42. The summed E-state index contributed by atoms with van der Waals surface area (Å²) in [5.74, 6) is 1.13. The van der Waals surface area contributed by atoms with Crippen LogP contribution in [0.15, 0.2) is 24.3 Å². The molecule has 2 aliphatic heterocycles. The predicted molar refractivity (Wildman–Crippen MR) is 104 cm³/mol. The zero-order chi connectivity index (χ0) is 21.0. The van der Waals surface area contributed by atoms with Gasteiger partial charge in [-0.1, -0.05) is 39.0 Å². The Balaban J connectivity index is 1.56. The summed E-state index contributed by atoms with van der Waals surface area (Å²) in [4.78, 5) is 0. The summed E-state index contributed by atoms with van der Waals surface area (Å²) in [6, 6.07) is 8.18. The lowest BCUT2D eigenvalue weighted by atomic mass is 9.52. The number of fused-ring (bicyclic) bond motifs is 3. The van der Waals surface area contributed by atoms with Crippen LogP contribution in [-0.2, 0) is 14.9 Å². The van der Waals surface area contributed by atoms with Crippen LogP contribution in [0.25, 0.3) is 0 Å². The number of rotatable bonds is 3. The van der Waals surface area contributed by atoms with E-state index >= 15 is 0 Å². The van der Waals surface area contributed by atoms with E-state index in [9.17, 15) is 20.4 Å². The largest absolute Gasteiger partial charge is 0.493 e. The van der Waals surface area contributed by atoms with Crippen LogP contribution in [-0.4, -0.2) is 70.4 Å². The molecular weight excluding hydrogens is 376 g/mol. The number of ether oxygens (including phenoxy) is 3. The molecule has 29 heavy (non-hydrogen) atoms. The second-order valence-electron chi connectivity index (χ2n) is 9.46. The molecule has 3 aliphatic rings. The molecule has 1 saturated carbocycles. The van der Waals surface area contributed by atoms with Gasteiger partial charge in [0.15, 0.2) is 6.29 Å². The van der Waals surface area contributed by atoms with Gasteiger partial charge in [-0.05, 0) is 24.3 Å². The highest BCUT2D eigenvalue weighted by Gasteiger charge is 2.56. The Labute approximate surface area is 171 Å². The molecule has 0 bridgehead atoms. The number of benzene rings is 1. The molecule has 162 valence electrons. The van der Waals surface area contributed by atoms with Crippen molar-refractivity contribution in [3.05, 3.63) is 29.8 Å². The molecule has 4 N–H and O–H groups in total. The summed E-state index contributed by atoms with van der Waals surface area (Å²) in [5.41, 5.74) is 0.878. The SMILES string of the molecule is CC1(C)[C@@H](O[C@@H]2O[C@H](CO)[C@H](O)[C@H](O)[C@H]2O)CC[C@]2(C)c3ccccc3OC[C@H]12. The molecule has 1 aliphatic carbocycles. The lowest BCUT2D eigenvalue weighted by molar-refractivity contribution is -0.325. The highest BCUT2D eigenvalue weighted by atomic mass is 16.7. The lowest BCUT2D eigenvalue weighted by Crippen LogP contribution is -2.62. The van der Waals surface area contributed by atoms with Gasteiger partial charge in [0, 0.05) is 16.9 Å². The van der Waals surface area contributed by atoms with Crippen LogP contribution < -0.4 is 4.74 Å². The number of aliphatic hydroxyl groups excluding tert-OH is 4. The first-order chi connectivity index (χ1) is 13.7. The highest BCUT2D eigenvalue weighted by molar-refractivity contribution is 5.43. The van der Waals surface area contributed by atoms with E-state index in [1.165, 1.54) is 5.56 Å². The van der Waals surface area contributed by atoms with Crippen molar-refractivity contribution >= 4 is 0 Å². The Morgan fingerprint density at radius 1 is 1.07 bits per heavy atom. The first-order valence-corrected chi connectivity index (χ1v) is 10.4. The van der Waals surface area contributed by atoms with Gasteiger partial charge in [-0.3, -0.25) is 0 Å². The van der Waals surface area contributed by atoms with Crippen LogP contribution >= 0.6 is 0 Å². The van der Waals surface area contributed by atoms with Gasteiger partial charge in [0.25, 0.3) is 0 Å². The maximum Gasteiger partial charge on any atom is 0.186 e. The molecule has 0 aromatic heterocycles. The van der Waals surface area contributed by atoms with Crippen LogP contribution in [0.1, 0.15) is 39.2 Å². The van der Waals surface area contributed by atoms with Gasteiger partial charge in [0.1, 0.15) is 30.2 Å². The Bertz CT molecular complexity index is 736. The molecule has 1 aromatic rings. The van der Waals surface area contributed by atoms with Crippen molar-refractivity contribution in [3.8, 4) is 5.75 Å². The maximum absolute atomic E-state index is 10.4. The molecular formula is C22H32O7. The number of para-hydroxylation sites is 1. The van der Waals surface area contributed by atoms with E-state index in [0.29, 0.717) is 6.61 Å². The third kappa shape index (κ3) is 3.28. The van der Waals surface area contributed by atoms with Gasteiger partial charge in [-0.2, -0.15) is 0 Å². The van der Waals surface area contributed by atoms with Crippen molar-refractivity contribution in [1.29, 1.82) is 0 Å². The Morgan fingerprint density at radius 2 is 1.79 bits per heavy atom. The number of aliphatic hydroxyl groups is 4. The Hall–Kier alpha value is -1.22. The van der Waals surface area contributed by atoms with Crippen molar-refractivity contribution in [2.75, 3.05) is 13.2 Å². The van der Waals surface area contributed by atoms with Crippen LogP contribution in [0.4, 0.5) is 0 Å². The average molecular weight is 408 g/mol. The maximum atomic E-state index is 10.4. The van der Waals surface area contributed by atoms with Gasteiger partial charge in [0.05, 0.1) is 19.3 Å². The van der Waals surface area contributed by atoms with Crippen molar-refractivity contribution in [2.24, 2.45) is 11.3 Å². The van der Waals surface area contributed by atoms with E-state index in [4.69, 9.17) is 14.2 Å². The van der Waals surface area contributed by atoms with E-state index in [1.807, 2.05) is 18.2 Å². The molecule has 7 nitrogen and oxygen atoms in total. The first-order valence-electron chi connectivity index (χ1n) is 10.4. The first kappa shape index (κ1) is 21.0.